The summed E-state index contributed by atoms with van der Waals surface area (Å²) in [5.74, 6) is 1.73. The molecule has 0 atom stereocenters. The Balaban J connectivity index is 1.41. The van der Waals surface area contributed by atoms with Crippen LogP contribution in [0, 0.1) is 5.82 Å². The van der Waals surface area contributed by atoms with Gasteiger partial charge in [0, 0.05) is 31.2 Å². The second-order valence-corrected chi connectivity index (χ2v) is 7.04. The third-order valence-electron chi connectivity index (χ3n) is 4.43. The number of carbonyl (C=O) groups is 1. The van der Waals surface area contributed by atoms with Crippen LogP contribution in [0.2, 0.25) is 0 Å². The highest BCUT2D eigenvalue weighted by atomic mass is 32.2. The molecule has 3 nitrogen and oxygen atoms in total. The first-order valence-electron chi connectivity index (χ1n) is 8.22. The zero-order valence-corrected chi connectivity index (χ0v) is 14.3. The minimum Gasteiger partial charge on any atom is -0.342 e. The molecular weight excluding hydrogens is 323 g/mol. The summed E-state index contributed by atoms with van der Waals surface area (Å²) in [5, 5.41) is 0. The fraction of sp³-hybridized carbons (Fsp3) is 0.368. The number of piperidine rings is 1. The molecule has 0 spiro atoms. The molecule has 24 heavy (non-hydrogen) atoms. The second kappa shape index (κ2) is 8.29. The highest BCUT2D eigenvalue weighted by molar-refractivity contribution is 7.99. The van der Waals surface area contributed by atoms with Gasteiger partial charge in [-0.3, -0.25) is 9.78 Å². The average Bonchev–Trinajstić information content (AvgIpc) is 2.64. The van der Waals surface area contributed by atoms with Gasteiger partial charge in [-0.2, -0.15) is 0 Å². The largest absolute Gasteiger partial charge is 0.342 e. The lowest BCUT2D eigenvalue weighted by Crippen LogP contribution is -2.38. The van der Waals surface area contributed by atoms with Gasteiger partial charge in [-0.05, 0) is 54.2 Å². The standard InChI is InChI=1S/C19H21FN2OS/c20-18-3-1-15(2-4-18)13-24-14-19(23)22-11-7-17(8-12-22)16-5-9-21-10-6-16/h1-6,9-10,17H,7-8,11-14H2. The van der Waals surface area contributed by atoms with E-state index in [1.165, 1.54) is 17.7 Å². The maximum absolute atomic E-state index is 12.9. The van der Waals surface area contributed by atoms with Gasteiger partial charge < -0.3 is 4.90 Å². The Morgan fingerprint density at radius 3 is 2.46 bits per heavy atom. The van der Waals surface area contributed by atoms with Crippen molar-refractivity contribution in [2.75, 3.05) is 18.8 Å². The Kier molecular flexibility index (Phi) is 5.86. The molecule has 0 radical (unpaired) electrons. The summed E-state index contributed by atoms with van der Waals surface area (Å²) in [6.07, 6.45) is 5.69. The summed E-state index contributed by atoms with van der Waals surface area (Å²) in [7, 11) is 0. The van der Waals surface area contributed by atoms with E-state index in [9.17, 15) is 9.18 Å². The van der Waals surface area contributed by atoms with Gasteiger partial charge in [0.1, 0.15) is 5.82 Å². The fourth-order valence-corrected chi connectivity index (χ4v) is 3.91. The molecule has 0 unspecified atom stereocenters. The summed E-state index contributed by atoms with van der Waals surface area (Å²) < 4.78 is 12.9. The van der Waals surface area contributed by atoms with Crippen molar-refractivity contribution in [3.8, 4) is 0 Å². The van der Waals surface area contributed by atoms with Gasteiger partial charge in [-0.1, -0.05) is 12.1 Å². The first kappa shape index (κ1) is 17.0. The van der Waals surface area contributed by atoms with E-state index in [4.69, 9.17) is 0 Å². The van der Waals surface area contributed by atoms with E-state index in [2.05, 4.69) is 17.1 Å². The van der Waals surface area contributed by atoms with Crippen molar-refractivity contribution in [2.24, 2.45) is 0 Å². The summed E-state index contributed by atoms with van der Waals surface area (Å²) >= 11 is 1.59. The number of aromatic nitrogens is 1. The molecule has 1 saturated heterocycles. The van der Waals surface area contributed by atoms with Crippen LogP contribution in [0.5, 0.6) is 0 Å². The fourth-order valence-electron chi connectivity index (χ4n) is 3.03. The zero-order valence-electron chi connectivity index (χ0n) is 13.5. The normalized spacial score (nSPS) is 15.5. The molecule has 3 rings (SSSR count). The topological polar surface area (TPSA) is 33.2 Å². The van der Waals surface area contributed by atoms with Gasteiger partial charge in [0.2, 0.25) is 5.91 Å². The second-order valence-electron chi connectivity index (χ2n) is 6.05. The smallest absolute Gasteiger partial charge is 0.232 e. The van der Waals surface area contributed by atoms with E-state index >= 15 is 0 Å². The Morgan fingerprint density at radius 2 is 1.79 bits per heavy atom. The quantitative estimate of drug-likeness (QED) is 0.826. The number of rotatable bonds is 5. The molecule has 5 heteroatoms. The monoisotopic (exact) mass is 344 g/mol. The number of likely N-dealkylation sites (tertiary alicyclic amines) is 1. The first-order valence-corrected chi connectivity index (χ1v) is 9.38. The predicted octanol–water partition coefficient (Wildman–Crippen LogP) is 3.86. The van der Waals surface area contributed by atoms with Crippen LogP contribution in [-0.2, 0) is 10.5 Å². The zero-order chi connectivity index (χ0) is 16.8. The maximum atomic E-state index is 12.9. The van der Waals surface area contributed by atoms with Crippen LogP contribution in [0.3, 0.4) is 0 Å². The molecule has 1 amide bonds. The molecule has 0 aliphatic carbocycles. The van der Waals surface area contributed by atoms with Crippen LogP contribution < -0.4 is 0 Å². The van der Waals surface area contributed by atoms with E-state index in [1.807, 2.05) is 17.3 Å². The number of nitrogens with zero attached hydrogens (tertiary/aromatic N) is 2. The molecule has 1 aromatic heterocycles. The number of hydrogen-bond donors (Lipinski definition) is 0. The molecule has 1 fully saturated rings. The summed E-state index contributed by atoms with van der Waals surface area (Å²) in [6.45, 7) is 1.64. The van der Waals surface area contributed by atoms with Gasteiger partial charge in [0.25, 0.3) is 0 Å². The number of halogens is 1. The molecular formula is C19H21FN2OS. The van der Waals surface area contributed by atoms with E-state index in [-0.39, 0.29) is 11.7 Å². The first-order chi connectivity index (χ1) is 11.7. The van der Waals surface area contributed by atoms with Crippen molar-refractivity contribution in [1.29, 1.82) is 0 Å². The number of thioether (sulfide) groups is 1. The Hall–Kier alpha value is -1.88. The molecule has 2 heterocycles. The predicted molar refractivity (Wildman–Crippen MR) is 95.4 cm³/mol. The molecule has 1 aliphatic heterocycles. The Labute approximate surface area is 146 Å². The number of benzene rings is 1. The van der Waals surface area contributed by atoms with Gasteiger partial charge >= 0.3 is 0 Å². The lowest BCUT2D eigenvalue weighted by molar-refractivity contribution is -0.129. The van der Waals surface area contributed by atoms with E-state index in [0.29, 0.717) is 11.7 Å². The van der Waals surface area contributed by atoms with Crippen molar-refractivity contribution >= 4 is 17.7 Å². The molecule has 2 aromatic rings. The van der Waals surface area contributed by atoms with Crippen LogP contribution in [0.25, 0.3) is 0 Å². The molecule has 126 valence electrons. The molecule has 0 bridgehead atoms. The van der Waals surface area contributed by atoms with Crippen LogP contribution in [0.15, 0.2) is 48.8 Å². The van der Waals surface area contributed by atoms with Gasteiger partial charge in [0.05, 0.1) is 5.75 Å². The molecule has 1 aliphatic rings. The van der Waals surface area contributed by atoms with Crippen molar-refractivity contribution in [1.82, 2.24) is 9.88 Å². The third kappa shape index (κ3) is 4.57. The van der Waals surface area contributed by atoms with E-state index in [0.717, 1.165) is 37.2 Å². The highest BCUT2D eigenvalue weighted by Crippen LogP contribution is 2.27. The maximum Gasteiger partial charge on any atom is 0.232 e. The lowest BCUT2D eigenvalue weighted by atomic mass is 9.90. The number of carbonyl (C=O) groups excluding carboxylic acids is 1. The minimum atomic E-state index is -0.225. The molecule has 0 N–H and O–H groups in total. The van der Waals surface area contributed by atoms with E-state index < -0.39 is 0 Å². The van der Waals surface area contributed by atoms with Crippen molar-refractivity contribution in [2.45, 2.75) is 24.5 Å². The van der Waals surface area contributed by atoms with Crippen molar-refractivity contribution < 1.29 is 9.18 Å². The van der Waals surface area contributed by atoms with Gasteiger partial charge in [-0.25, -0.2) is 4.39 Å². The summed E-state index contributed by atoms with van der Waals surface area (Å²) in [6, 6.07) is 10.6. The van der Waals surface area contributed by atoms with Crippen molar-refractivity contribution in [3.63, 3.8) is 0 Å². The Morgan fingerprint density at radius 1 is 1.12 bits per heavy atom. The van der Waals surface area contributed by atoms with Crippen molar-refractivity contribution in [3.05, 3.63) is 65.7 Å². The Bertz CT molecular complexity index is 655. The lowest BCUT2D eigenvalue weighted by Gasteiger charge is -2.32. The number of hydrogen-bond acceptors (Lipinski definition) is 3. The third-order valence-corrected chi connectivity index (χ3v) is 5.42. The summed E-state index contributed by atoms with van der Waals surface area (Å²) in [4.78, 5) is 18.3. The average molecular weight is 344 g/mol. The molecule has 0 saturated carbocycles. The van der Waals surface area contributed by atoms with Gasteiger partial charge in [-0.15, -0.1) is 11.8 Å². The number of amides is 1. The minimum absolute atomic E-state index is 0.204. The highest BCUT2D eigenvalue weighted by Gasteiger charge is 2.23. The number of pyridine rings is 1. The van der Waals surface area contributed by atoms with Gasteiger partial charge in [0.15, 0.2) is 0 Å². The SMILES string of the molecule is O=C(CSCc1ccc(F)cc1)N1CCC(c2ccncc2)CC1. The van der Waals surface area contributed by atoms with Crippen LogP contribution in [-0.4, -0.2) is 34.6 Å². The van der Waals surface area contributed by atoms with Crippen LogP contribution >= 0.6 is 11.8 Å². The van der Waals surface area contributed by atoms with E-state index in [1.54, 1.807) is 23.9 Å². The van der Waals surface area contributed by atoms with Crippen LogP contribution in [0.4, 0.5) is 4.39 Å². The molecule has 1 aromatic carbocycles. The van der Waals surface area contributed by atoms with Crippen LogP contribution in [0.1, 0.15) is 29.9 Å². The summed E-state index contributed by atoms with van der Waals surface area (Å²) in [5.41, 5.74) is 2.37.